The zero-order valence-electron chi connectivity index (χ0n) is 15.2. The second kappa shape index (κ2) is 8.39. The second-order valence-electron chi connectivity index (χ2n) is 6.59. The van der Waals surface area contributed by atoms with Crippen molar-refractivity contribution in [3.05, 3.63) is 51.7 Å². The van der Waals surface area contributed by atoms with Gasteiger partial charge in [0.25, 0.3) is 0 Å². The molecular weight excluding hydrogens is 330 g/mol. The summed E-state index contributed by atoms with van der Waals surface area (Å²) in [6, 6.07) is 13.1. The van der Waals surface area contributed by atoms with Crippen molar-refractivity contribution in [1.29, 1.82) is 0 Å². The van der Waals surface area contributed by atoms with Crippen molar-refractivity contribution in [2.45, 2.75) is 38.6 Å². The molecule has 1 aliphatic rings. The molecule has 0 saturated heterocycles. The molecule has 2 N–H and O–H groups in total. The summed E-state index contributed by atoms with van der Waals surface area (Å²) in [4.78, 5) is 7.15. The minimum absolute atomic E-state index is 0.339. The van der Waals surface area contributed by atoms with Gasteiger partial charge in [-0.2, -0.15) is 0 Å². The maximum Gasteiger partial charge on any atom is 0.191 e. The van der Waals surface area contributed by atoms with E-state index >= 15 is 0 Å². The summed E-state index contributed by atoms with van der Waals surface area (Å²) in [7, 11) is 1.83. The average molecular weight is 358 g/mol. The van der Waals surface area contributed by atoms with E-state index < -0.39 is 0 Å². The van der Waals surface area contributed by atoms with Crippen LogP contribution in [-0.2, 0) is 6.42 Å². The Hall–Kier alpha value is -2.01. The number of aryl methyl sites for hydroxylation is 1. The largest absolute Gasteiger partial charge is 0.493 e. The number of ether oxygens (including phenoxy) is 1. The fraction of sp³-hybridized carbons (Fsp3) is 0.450. The zero-order chi connectivity index (χ0) is 17.6. The fourth-order valence-electron chi connectivity index (χ4n) is 3.22. The van der Waals surface area contributed by atoms with E-state index in [4.69, 9.17) is 4.74 Å². The van der Waals surface area contributed by atoms with Gasteiger partial charge < -0.3 is 15.4 Å². The summed E-state index contributed by atoms with van der Waals surface area (Å²) in [5, 5.41) is 6.99. The van der Waals surface area contributed by atoms with Crippen LogP contribution in [0.4, 0.5) is 0 Å². The second-order valence-corrected chi connectivity index (χ2v) is 7.96. The van der Waals surface area contributed by atoms with Crippen LogP contribution >= 0.6 is 11.3 Å². The van der Waals surface area contributed by atoms with E-state index in [-0.39, 0.29) is 0 Å². The zero-order valence-corrected chi connectivity index (χ0v) is 16.0. The predicted octanol–water partition coefficient (Wildman–Crippen LogP) is 3.72. The average Bonchev–Trinajstić information content (AvgIpc) is 3.03. The van der Waals surface area contributed by atoms with Gasteiger partial charge in [0.05, 0.1) is 6.61 Å². The van der Waals surface area contributed by atoms with Gasteiger partial charge in [0.1, 0.15) is 5.75 Å². The summed E-state index contributed by atoms with van der Waals surface area (Å²) in [5.74, 6) is 2.34. The molecule has 0 saturated carbocycles. The van der Waals surface area contributed by atoms with E-state index in [1.807, 2.05) is 24.5 Å². The Bertz CT molecular complexity index is 725. The van der Waals surface area contributed by atoms with E-state index in [0.29, 0.717) is 12.0 Å². The maximum atomic E-state index is 5.75. The van der Waals surface area contributed by atoms with Crippen LogP contribution < -0.4 is 15.4 Å². The first-order chi connectivity index (χ1) is 12.2. The van der Waals surface area contributed by atoms with Crippen molar-refractivity contribution in [2.24, 2.45) is 4.99 Å². The van der Waals surface area contributed by atoms with Crippen molar-refractivity contribution in [3.8, 4) is 5.75 Å². The lowest BCUT2D eigenvalue weighted by molar-refractivity contribution is 0.267. The van der Waals surface area contributed by atoms with E-state index in [1.54, 1.807) is 0 Å². The summed E-state index contributed by atoms with van der Waals surface area (Å²) in [5.41, 5.74) is 1.29. The SMILES string of the molecule is CN=C(NCC1CCOc2ccccc21)NC(C)Cc1ccc(C)s1. The number of thiophene rings is 1. The van der Waals surface area contributed by atoms with Gasteiger partial charge in [0.2, 0.25) is 0 Å². The van der Waals surface area contributed by atoms with Crippen molar-refractivity contribution in [2.75, 3.05) is 20.2 Å². The number of aliphatic imine (C=N–C) groups is 1. The molecule has 4 nitrogen and oxygen atoms in total. The third-order valence-electron chi connectivity index (χ3n) is 4.51. The normalized spacial score (nSPS) is 18.2. The van der Waals surface area contributed by atoms with Gasteiger partial charge in [-0.15, -0.1) is 11.3 Å². The molecule has 0 radical (unpaired) electrons. The highest BCUT2D eigenvalue weighted by Crippen LogP contribution is 2.32. The molecule has 2 unspecified atom stereocenters. The smallest absolute Gasteiger partial charge is 0.191 e. The molecule has 25 heavy (non-hydrogen) atoms. The summed E-state index contributed by atoms with van der Waals surface area (Å²) in [6.45, 7) is 6.00. The fourth-order valence-corrected chi connectivity index (χ4v) is 4.24. The molecule has 2 heterocycles. The lowest BCUT2D eigenvalue weighted by Crippen LogP contribution is -2.44. The Kier molecular flexibility index (Phi) is 5.97. The van der Waals surface area contributed by atoms with Gasteiger partial charge >= 0.3 is 0 Å². The van der Waals surface area contributed by atoms with Gasteiger partial charge in [-0.25, -0.2) is 0 Å². The number of fused-ring (bicyclic) bond motifs is 1. The number of guanidine groups is 1. The molecular formula is C20H27N3OS. The molecule has 3 rings (SSSR count). The number of nitrogens with one attached hydrogen (secondary N) is 2. The minimum Gasteiger partial charge on any atom is -0.493 e. The topological polar surface area (TPSA) is 45.7 Å². The van der Waals surface area contributed by atoms with Crippen molar-refractivity contribution < 1.29 is 4.74 Å². The van der Waals surface area contributed by atoms with Crippen LogP contribution in [0.5, 0.6) is 5.75 Å². The molecule has 0 aliphatic carbocycles. The molecule has 0 bridgehead atoms. The van der Waals surface area contributed by atoms with E-state index in [0.717, 1.165) is 37.7 Å². The highest BCUT2D eigenvalue weighted by Gasteiger charge is 2.21. The monoisotopic (exact) mass is 357 g/mol. The third kappa shape index (κ3) is 4.75. The van der Waals surface area contributed by atoms with Gasteiger partial charge in [-0.05, 0) is 44.0 Å². The van der Waals surface area contributed by atoms with Crippen LogP contribution in [0, 0.1) is 6.92 Å². The minimum atomic E-state index is 0.339. The van der Waals surface area contributed by atoms with Crippen LogP contribution in [0.3, 0.4) is 0 Å². The van der Waals surface area contributed by atoms with Crippen LogP contribution in [0.2, 0.25) is 0 Å². The highest BCUT2D eigenvalue weighted by molar-refractivity contribution is 7.11. The molecule has 2 atom stereocenters. The van der Waals surface area contributed by atoms with Crippen molar-refractivity contribution in [3.63, 3.8) is 0 Å². The lowest BCUT2D eigenvalue weighted by atomic mass is 9.93. The van der Waals surface area contributed by atoms with Crippen LogP contribution in [-0.4, -0.2) is 32.2 Å². The van der Waals surface area contributed by atoms with Crippen LogP contribution in [0.25, 0.3) is 0 Å². The first kappa shape index (κ1) is 17.8. The van der Waals surface area contributed by atoms with Crippen molar-refractivity contribution >= 4 is 17.3 Å². The van der Waals surface area contributed by atoms with Gasteiger partial charge in [-0.3, -0.25) is 4.99 Å². The highest BCUT2D eigenvalue weighted by atomic mass is 32.1. The molecule has 1 aliphatic heterocycles. The molecule has 0 spiro atoms. The van der Waals surface area contributed by atoms with Crippen LogP contribution in [0.1, 0.15) is 34.6 Å². The molecule has 134 valence electrons. The predicted molar refractivity (Wildman–Crippen MR) is 106 cm³/mol. The first-order valence-corrected chi connectivity index (χ1v) is 9.71. The van der Waals surface area contributed by atoms with E-state index in [1.165, 1.54) is 15.3 Å². The molecule has 1 aromatic heterocycles. The Morgan fingerprint density at radius 1 is 1.32 bits per heavy atom. The molecule has 0 fully saturated rings. The van der Waals surface area contributed by atoms with Crippen molar-refractivity contribution in [1.82, 2.24) is 10.6 Å². The maximum absolute atomic E-state index is 5.75. The number of para-hydroxylation sites is 1. The van der Waals surface area contributed by atoms with Gasteiger partial charge in [0.15, 0.2) is 5.96 Å². The Labute approximate surface area is 154 Å². The number of benzene rings is 1. The molecule has 5 heteroatoms. The summed E-state index contributed by atoms with van der Waals surface area (Å²) in [6.07, 6.45) is 2.05. The lowest BCUT2D eigenvalue weighted by Gasteiger charge is -2.27. The number of hydrogen-bond acceptors (Lipinski definition) is 3. The molecule has 1 aromatic carbocycles. The quantitative estimate of drug-likeness (QED) is 0.633. The molecule has 0 amide bonds. The van der Waals surface area contributed by atoms with E-state index in [2.05, 4.69) is 59.8 Å². The van der Waals surface area contributed by atoms with Gasteiger partial charge in [-0.1, -0.05) is 18.2 Å². The Morgan fingerprint density at radius 2 is 2.16 bits per heavy atom. The number of nitrogens with zero attached hydrogens (tertiary/aromatic N) is 1. The summed E-state index contributed by atoms with van der Waals surface area (Å²) >= 11 is 1.86. The first-order valence-electron chi connectivity index (χ1n) is 8.90. The van der Waals surface area contributed by atoms with Crippen LogP contribution in [0.15, 0.2) is 41.4 Å². The Morgan fingerprint density at radius 3 is 2.92 bits per heavy atom. The summed E-state index contributed by atoms with van der Waals surface area (Å²) < 4.78 is 5.75. The number of rotatable bonds is 5. The third-order valence-corrected chi connectivity index (χ3v) is 5.53. The van der Waals surface area contributed by atoms with E-state index in [9.17, 15) is 0 Å². The molecule has 2 aromatic rings. The standard InChI is InChI=1S/C20H27N3OS/c1-14(12-17-9-8-15(2)25-17)23-20(21-3)22-13-16-10-11-24-19-7-5-4-6-18(16)19/h4-9,14,16H,10-13H2,1-3H3,(H2,21,22,23). The number of hydrogen-bond donors (Lipinski definition) is 2. The van der Waals surface area contributed by atoms with Gasteiger partial charge in [0, 0.05) is 41.7 Å². The Balaban J connectivity index is 1.53.